The van der Waals surface area contributed by atoms with Crippen LogP contribution in [0.1, 0.15) is 52.2 Å². The van der Waals surface area contributed by atoms with Crippen LogP contribution in [-0.2, 0) is 13.2 Å². The molecule has 1 N–H and O–H groups in total. The molecule has 25 heavy (non-hydrogen) atoms. The maximum Gasteiger partial charge on any atom is 0.124 e. The summed E-state index contributed by atoms with van der Waals surface area (Å²) in [6, 6.07) is 16.0. The maximum absolute atomic E-state index is 6.22. The molecule has 0 aliphatic rings. The summed E-state index contributed by atoms with van der Waals surface area (Å²) in [7, 11) is 0. The topological polar surface area (TPSA) is 21.3 Å². The fourth-order valence-electron chi connectivity index (χ4n) is 3.28. The molecule has 0 fully saturated rings. The number of hydrogen-bond donors (Lipinski definition) is 1. The summed E-state index contributed by atoms with van der Waals surface area (Å²) < 4.78 is 6.05. The average molecular weight is 360 g/mol. The van der Waals surface area contributed by atoms with E-state index in [-0.39, 0.29) is 11.0 Å². The van der Waals surface area contributed by atoms with Crippen molar-refractivity contribution in [1.82, 2.24) is 5.32 Å². The highest BCUT2D eigenvalue weighted by molar-refractivity contribution is 6.31. The van der Waals surface area contributed by atoms with E-state index in [1.807, 2.05) is 36.4 Å². The van der Waals surface area contributed by atoms with Crippen LogP contribution >= 0.6 is 11.6 Å². The van der Waals surface area contributed by atoms with E-state index < -0.39 is 0 Å². The van der Waals surface area contributed by atoms with Crippen LogP contribution in [0.15, 0.2) is 48.5 Å². The zero-order valence-electron chi connectivity index (χ0n) is 16.0. The Morgan fingerprint density at radius 2 is 1.48 bits per heavy atom. The lowest BCUT2D eigenvalue weighted by Crippen LogP contribution is -2.41. The number of nitrogens with one attached hydrogen (secondary N) is 1. The highest BCUT2D eigenvalue weighted by atomic mass is 35.5. The third-order valence-electron chi connectivity index (χ3n) is 4.04. The van der Waals surface area contributed by atoms with Crippen LogP contribution < -0.4 is 10.1 Å². The van der Waals surface area contributed by atoms with Gasteiger partial charge in [-0.3, -0.25) is 0 Å². The Balaban J connectivity index is 2.02. The van der Waals surface area contributed by atoms with Crippen LogP contribution in [0.4, 0.5) is 0 Å². The van der Waals surface area contributed by atoms with Crippen molar-refractivity contribution in [3.05, 3.63) is 64.7 Å². The van der Waals surface area contributed by atoms with E-state index in [4.69, 9.17) is 16.3 Å². The minimum atomic E-state index is 0.0636. The molecular weight excluding hydrogens is 330 g/mol. The summed E-state index contributed by atoms with van der Waals surface area (Å²) in [5, 5.41) is 4.42. The monoisotopic (exact) mass is 359 g/mol. The van der Waals surface area contributed by atoms with Gasteiger partial charge in [0.15, 0.2) is 0 Å². The van der Waals surface area contributed by atoms with Gasteiger partial charge in [0.2, 0.25) is 0 Å². The van der Waals surface area contributed by atoms with E-state index in [0.717, 1.165) is 34.9 Å². The van der Waals surface area contributed by atoms with Gasteiger partial charge >= 0.3 is 0 Å². The molecule has 0 heterocycles. The number of halogens is 1. The van der Waals surface area contributed by atoms with Crippen LogP contribution in [-0.4, -0.2) is 5.54 Å². The molecule has 0 bridgehead atoms. The van der Waals surface area contributed by atoms with Crippen molar-refractivity contribution in [3.63, 3.8) is 0 Å². The Kier molecular flexibility index (Phi) is 6.53. The number of benzene rings is 2. The van der Waals surface area contributed by atoms with E-state index in [0.29, 0.717) is 6.61 Å². The molecule has 2 rings (SSSR count). The van der Waals surface area contributed by atoms with E-state index in [1.54, 1.807) is 0 Å². The van der Waals surface area contributed by atoms with Crippen LogP contribution in [0.2, 0.25) is 5.02 Å². The lowest BCUT2D eigenvalue weighted by molar-refractivity contribution is 0.238. The van der Waals surface area contributed by atoms with Crippen molar-refractivity contribution in [2.24, 2.45) is 5.41 Å². The van der Waals surface area contributed by atoms with E-state index >= 15 is 0 Å². The van der Waals surface area contributed by atoms with Gasteiger partial charge in [0.25, 0.3) is 0 Å². The number of para-hydroxylation sites is 1. The van der Waals surface area contributed by atoms with Gasteiger partial charge < -0.3 is 10.1 Å². The molecule has 2 aromatic carbocycles. The Morgan fingerprint density at radius 1 is 0.880 bits per heavy atom. The van der Waals surface area contributed by atoms with Crippen molar-refractivity contribution in [1.29, 1.82) is 0 Å². The van der Waals surface area contributed by atoms with Crippen LogP contribution in [0.5, 0.6) is 5.75 Å². The summed E-state index contributed by atoms with van der Waals surface area (Å²) in [5.41, 5.74) is 2.52. The molecular formula is C22H30ClNO. The molecule has 0 saturated heterocycles. The number of hydrogen-bond acceptors (Lipinski definition) is 2. The van der Waals surface area contributed by atoms with Gasteiger partial charge in [-0.2, -0.15) is 0 Å². The maximum atomic E-state index is 6.22. The first-order valence-electron chi connectivity index (χ1n) is 8.85. The van der Waals surface area contributed by atoms with Gasteiger partial charge in [-0.15, -0.1) is 0 Å². The lowest BCUT2D eigenvalue weighted by atomic mass is 9.82. The highest BCUT2D eigenvalue weighted by Gasteiger charge is 2.25. The minimum Gasteiger partial charge on any atom is -0.489 e. The van der Waals surface area contributed by atoms with Gasteiger partial charge in [0.05, 0.1) is 0 Å². The highest BCUT2D eigenvalue weighted by Crippen LogP contribution is 2.28. The number of ether oxygens (including phenoxy) is 1. The molecule has 0 spiro atoms. The second-order valence-electron chi connectivity index (χ2n) is 8.46. The zero-order chi connectivity index (χ0) is 18.5. The molecule has 3 heteroatoms. The minimum absolute atomic E-state index is 0.0636. The molecule has 136 valence electrons. The molecule has 0 unspecified atom stereocenters. The second-order valence-corrected chi connectivity index (χ2v) is 8.87. The summed E-state index contributed by atoms with van der Waals surface area (Å²) in [4.78, 5) is 0. The Labute approximate surface area is 157 Å². The first kappa shape index (κ1) is 19.8. The van der Waals surface area contributed by atoms with E-state index in [2.05, 4.69) is 52.1 Å². The summed E-state index contributed by atoms with van der Waals surface area (Å²) in [6.07, 6.45) is 1.10. The smallest absolute Gasteiger partial charge is 0.124 e. The van der Waals surface area contributed by atoms with Gasteiger partial charge in [-0.1, -0.05) is 68.8 Å². The second kappa shape index (κ2) is 8.25. The van der Waals surface area contributed by atoms with Crippen molar-refractivity contribution in [3.8, 4) is 5.75 Å². The van der Waals surface area contributed by atoms with Crippen molar-refractivity contribution in [2.45, 2.75) is 59.7 Å². The van der Waals surface area contributed by atoms with Gasteiger partial charge in [-0.05, 0) is 37.8 Å². The molecule has 0 amide bonds. The predicted molar refractivity (Wildman–Crippen MR) is 107 cm³/mol. The molecule has 0 saturated carbocycles. The molecule has 0 aliphatic carbocycles. The predicted octanol–water partition coefficient (Wildman–Crippen LogP) is 6.22. The molecule has 2 nitrogen and oxygen atoms in total. The summed E-state index contributed by atoms with van der Waals surface area (Å²) >= 11 is 6.22. The van der Waals surface area contributed by atoms with Gasteiger partial charge in [0, 0.05) is 28.2 Å². The normalized spacial score (nSPS) is 12.2. The van der Waals surface area contributed by atoms with E-state index in [1.165, 1.54) is 0 Å². The fourth-order valence-corrected chi connectivity index (χ4v) is 3.47. The third-order valence-corrected chi connectivity index (χ3v) is 4.41. The van der Waals surface area contributed by atoms with Crippen molar-refractivity contribution < 1.29 is 4.74 Å². The molecule has 2 aromatic rings. The SMILES string of the molecule is CC(C)(C)CC(C)(C)NCc1ccccc1OCc1ccccc1Cl. The first-order valence-corrected chi connectivity index (χ1v) is 9.23. The largest absolute Gasteiger partial charge is 0.489 e. The third kappa shape index (κ3) is 6.72. The zero-order valence-corrected chi connectivity index (χ0v) is 16.8. The lowest BCUT2D eigenvalue weighted by Gasteiger charge is -2.33. The Bertz CT molecular complexity index is 688. The molecule has 0 aliphatic heterocycles. The van der Waals surface area contributed by atoms with Crippen LogP contribution in [0.3, 0.4) is 0 Å². The number of rotatable bonds is 7. The van der Waals surface area contributed by atoms with Gasteiger partial charge in [-0.25, -0.2) is 0 Å². The fraction of sp³-hybridized carbons (Fsp3) is 0.455. The van der Waals surface area contributed by atoms with Crippen LogP contribution in [0.25, 0.3) is 0 Å². The molecule has 0 atom stereocenters. The molecule has 0 radical (unpaired) electrons. The van der Waals surface area contributed by atoms with Crippen LogP contribution in [0, 0.1) is 5.41 Å². The quantitative estimate of drug-likeness (QED) is 0.633. The standard InChI is InChI=1S/C22H30ClNO/c1-21(2,3)16-22(4,5)24-14-17-10-7-9-13-20(17)25-15-18-11-6-8-12-19(18)23/h6-13,24H,14-16H2,1-5H3. The first-order chi connectivity index (χ1) is 11.7. The molecule has 0 aromatic heterocycles. The van der Waals surface area contributed by atoms with E-state index in [9.17, 15) is 0 Å². The van der Waals surface area contributed by atoms with Crippen molar-refractivity contribution in [2.75, 3.05) is 0 Å². The summed E-state index contributed by atoms with van der Waals surface area (Å²) in [5.74, 6) is 0.904. The average Bonchev–Trinajstić information content (AvgIpc) is 2.51. The van der Waals surface area contributed by atoms with Crippen molar-refractivity contribution >= 4 is 11.6 Å². The van der Waals surface area contributed by atoms with Gasteiger partial charge in [0.1, 0.15) is 12.4 Å². The summed E-state index contributed by atoms with van der Waals surface area (Å²) in [6.45, 7) is 12.6. The Hall–Kier alpha value is -1.51. The Morgan fingerprint density at radius 3 is 2.12 bits per heavy atom.